The van der Waals surface area contributed by atoms with Gasteiger partial charge in [-0.15, -0.1) is 0 Å². The van der Waals surface area contributed by atoms with Crippen molar-refractivity contribution < 1.29 is 18.0 Å². The van der Waals surface area contributed by atoms with E-state index in [0.29, 0.717) is 48.9 Å². The number of nitrogens with zero attached hydrogens (tertiary/aromatic N) is 2. The molecule has 2 amide bonds. The van der Waals surface area contributed by atoms with Gasteiger partial charge in [0.25, 0.3) is 0 Å². The van der Waals surface area contributed by atoms with Crippen LogP contribution in [0.15, 0.2) is 39.7 Å². The van der Waals surface area contributed by atoms with E-state index in [9.17, 15) is 18.0 Å². The van der Waals surface area contributed by atoms with Crippen LogP contribution in [0.5, 0.6) is 0 Å². The van der Waals surface area contributed by atoms with E-state index in [1.165, 1.54) is 21.9 Å². The number of piperidine rings is 1. The molecule has 1 saturated heterocycles. The molecule has 3 aliphatic rings. The summed E-state index contributed by atoms with van der Waals surface area (Å²) in [4.78, 5) is 27.6. The first-order valence-corrected chi connectivity index (χ1v) is 15.1. The van der Waals surface area contributed by atoms with Gasteiger partial charge in [0.15, 0.2) is 0 Å². The summed E-state index contributed by atoms with van der Waals surface area (Å²) in [6.07, 6.45) is 6.45. The van der Waals surface area contributed by atoms with Crippen molar-refractivity contribution >= 4 is 49.1 Å². The van der Waals surface area contributed by atoms with E-state index in [1.807, 2.05) is 18.2 Å². The number of hydrogen-bond donors (Lipinski definition) is 1. The number of sulfonamides is 1. The van der Waals surface area contributed by atoms with Crippen LogP contribution in [0.25, 0.3) is 0 Å². The number of amides is 2. The Morgan fingerprint density at radius 3 is 2.67 bits per heavy atom. The van der Waals surface area contributed by atoms with Crippen molar-refractivity contribution in [1.82, 2.24) is 4.31 Å². The van der Waals surface area contributed by atoms with E-state index in [0.717, 1.165) is 30.5 Å². The van der Waals surface area contributed by atoms with Crippen LogP contribution in [0, 0.1) is 5.92 Å². The van der Waals surface area contributed by atoms with E-state index in [4.69, 9.17) is 0 Å². The minimum absolute atomic E-state index is 0.0883. The fourth-order valence-electron chi connectivity index (χ4n) is 5.75. The maximum absolute atomic E-state index is 13.9. The van der Waals surface area contributed by atoms with Crippen molar-refractivity contribution in [2.24, 2.45) is 5.92 Å². The molecule has 1 fully saturated rings. The van der Waals surface area contributed by atoms with E-state index >= 15 is 0 Å². The topological polar surface area (TPSA) is 86.8 Å². The van der Waals surface area contributed by atoms with Crippen LogP contribution in [0.3, 0.4) is 0 Å². The number of carbonyl (C=O) groups excluding carboxylic acids is 2. The summed E-state index contributed by atoms with van der Waals surface area (Å²) in [6, 6.07) is 9.54. The number of anilines is 2. The number of hydrogen-bond acceptors (Lipinski definition) is 4. The largest absolute Gasteiger partial charge is 0.326 e. The molecule has 2 aromatic rings. The summed E-state index contributed by atoms with van der Waals surface area (Å²) in [5.74, 6) is -0.646. The molecule has 0 unspecified atom stereocenters. The van der Waals surface area contributed by atoms with Gasteiger partial charge in [0.05, 0.1) is 11.6 Å². The number of fused-ring (bicyclic) bond motifs is 2. The van der Waals surface area contributed by atoms with Crippen LogP contribution in [0.4, 0.5) is 11.4 Å². The first-order valence-electron chi connectivity index (χ1n) is 12.8. The lowest BCUT2D eigenvalue weighted by atomic mass is 9.90. The summed E-state index contributed by atoms with van der Waals surface area (Å²) in [5, 5.41) is 3.11. The molecule has 0 aromatic heterocycles. The Morgan fingerprint density at radius 1 is 1.06 bits per heavy atom. The quantitative estimate of drug-likeness (QED) is 0.563. The molecular formula is C27H32BrN3O4S. The normalized spacial score (nSPS) is 20.1. The van der Waals surface area contributed by atoms with E-state index in [1.54, 1.807) is 17.9 Å². The Hall–Kier alpha value is -2.23. The van der Waals surface area contributed by atoms with Crippen LogP contribution in [0.1, 0.15) is 55.7 Å². The van der Waals surface area contributed by atoms with Gasteiger partial charge in [-0.1, -0.05) is 35.0 Å². The van der Waals surface area contributed by atoms with E-state index in [2.05, 4.69) is 27.3 Å². The first-order chi connectivity index (χ1) is 17.3. The number of nitrogens with one attached hydrogen (secondary N) is 1. The van der Waals surface area contributed by atoms with Crippen molar-refractivity contribution in [1.29, 1.82) is 0 Å². The molecule has 1 N–H and O–H groups in total. The average Bonchev–Trinajstić information content (AvgIpc) is 3.31. The lowest BCUT2D eigenvalue weighted by molar-refractivity contribution is -0.121. The zero-order valence-electron chi connectivity index (χ0n) is 20.6. The lowest BCUT2D eigenvalue weighted by Crippen LogP contribution is -2.44. The predicted molar refractivity (Wildman–Crippen MR) is 144 cm³/mol. The average molecular weight is 575 g/mol. The monoisotopic (exact) mass is 573 g/mol. The highest BCUT2D eigenvalue weighted by atomic mass is 79.9. The number of rotatable bonds is 5. The number of aryl methyl sites for hydroxylation is 1. The van der Waals surface area contributed by atoms with Crippen molar-refractivity contribution in [2.75, 3.05) is 29.9 Å². The van der Waals surface area contributed by atoms with Crippen LogP contribution in [0.2, 0.25) is 0 Å². The Morgan fingerprint density at radius 2 is 1.86 bits per heavy atom. The van der Waals surface area contributed by atoms with Crippen molar-refractivity contribution in [3.8, 4) is 0 Å². The van der Waals surface area contributed by atoms with Gasteiger partial charge >= 0.3 is 0 Å². The van der Waals surface area contributed by atoms with Crippen LogP contribution >= 0.6 is 15.9 Å². The van der Waals surface area contributed by atoms with Gasteiger partial charge < -0.3 is 10.2 Å². The van der Waals surface area contributed by atoms with Crippen molar-refractivity contribution in [2.45, 2.75) is 63.2 Å². The van der Waals surface area contributed by atoms with Crippen molar-refractivity contribution in [3.05, 3.63) is 51.5 Å². The third-order valence-electron chi connectivity index (χ3n) is 7.62. The zero-order valence-corrected chi connectivity index (χ0v) is 23.0. The molecule has 0 spiro atoms. The zero-order chi connectivity index (χ0) is 25.4. The maximum Gasteiger partial charge on any atom is 0.245 e. The Labute approximate surface area is 221 Å². The Kier molecular flexibility index (Phi) is 7.25. The van der Waals surface area contributed by atoms with E-state index in [-0.39, 0.29) is 23.3 Å². The SMILES string of the molecule is CCC(=O)N1CCc2cc(Br)cc(S(=O)(=O)N3CCC[C@@H](C(=O)Nc4cccc5c4CCCC5)C3)c21. The lowest BCUT2D eigenvalue weighted by Gasteiger charge is -2.32. The maximum atomic E-state index is 13.9. The molecular weight excluding hydrogens is 542 g/mol. The molecule has 2 aliphatic heterocycles. The highest BCUT2D eigenvalue weighted by Crippen LogP contribution is 2.40. The second kappa shape index (κ2) is 10.3. The number of carbonyl (C=O) groups is 2. The molecule has 192 valence electrons. The molecule has 9 heteroatoms. The van der Waals surface area contributed by atoms with Gasteiger partial charge in [0, 0.05) is 36.2 Å². The summed E-state index contributed by atoms with van der Waals surface area (Å²) in [7, 11) is -3.91. The molecule has 2 aromatic carbocycles. The first kappa shape index (κ1) is 25.4. The second-order valence-electron chi connectivity index (χ2n) is 9.90. The molecule has 0 radical (unpaired) electrons. The van der Waals surface area contributed by atoms with Gasteiger partial charge in [0.1, 0.15) is 4.90 Å². The van der Waals surface area contributed by atoms with Crippen LogP contribution in [-0.2, 0) is 38.9 Å². The summed E-state index contributed by atoms with van der Waals surface area (Å²) in [6.45, 7) is 2.75. The fourth-order valence-corrected chi connectivity index (χ4v) is 8.20. The predicted octanol–water partition coefficient (Wildman–Crippen LogP) is 4.67. The highest BCUT2D eigenvalue weighted by Gasteiger charge is 2.38. The third-order valence-corrected chi connectivity index (χ3v) is 9.96. The van der Waals surface area contributed by atoms with Crippen LogP contribution in [-0.4, -0.2) is 44.2 Å². The molecule has 1 atom stereocenters. The molecule has 0 bridgehead atoms. The molecule has 7 nitrogen and oxygen atoms in total. The molecule has 36 heavy (non-hydrogen) atoms. The molecule has 0 saturated carbocycles. The molecule has 5 rings (SSSR count). The van der Waals surface area contributed by atoms with Gasteiger partial charge in [-0.3, -0.25) is 9.59 Å². The van der Waals surface area contributed by atoms with Gasteiger partial charge in [0.2, 0.25) is 21.8 Å². The summed E-state index contributed by atoms with van der Waals surface area (Å²) in [5.41, 5.74) is 4.71. The van der Waals surface area contributed by atoms with E-state index < -0.39 is 15.9 Å². The summed E-state index contributed by atoms with van der Waals surface area (Å²) < 4.78 is 29.9. The summed E-state index contributed by atoms with van der Waals surface area (Å²) >= 11 is 3.46. The third kappa shape index (κ3) is 4.73. The smallest absolute Gasteiger partial charge is 0.245 e. The van der Waals surface area contributed by atoms with Gasteiger partial charge in [-0.05, 0) is 79.8 Å². The van der Waals surface area contributed by atoms with Gasteiger partial charge in [-0.2, -0.15) is 4.31 Å². The van der Waals surface area contributed by atoms with Crippen LogP contribution < -0.4 is 10.2 Å². The minimum Gasteiger partial charge on any atom is -0.326 e. The standard InChI is InChI=1S/C27H32BrN3O4S/c1-2-25(32)31-14-12-19-15-21(28)16-24(26(19)31)36(34,35)30-13-6-9-20(17-30)27(33)29-23-11-5-8-18-7-3-4-10-22(18)23/h5,8,11,15-16,20H,2-4,6-7,9-10,12-14,17H2,1H3,(H,29,33)/t20-/m1/s1. The number of halogens is 1. The highest BCUT2D eigenvalue weighted by molar-refractivity contribution is 9.10. The fraction of sp³-hybridized carbons (Fsp3) is 0.481. The number of benzene rings is 2. The minimum atomic E-state index is -3.91. The molecule has 2 heterocycles. The Bertz CT molecular complexity index is 1310. The van der Waals surface area contributed by atoms with Crippen molar-refractivity contribution in [3.63, 3.8) is 0 Å². The molecule has 1 aliphatic carbocycles. The Balaban J connectivity index is 1.39. The second-order valence-corrected chi connectivity index (χ2v) is 12.7. The van der Waals surface area contributed by atoms with Gasteiger partial charge in [-0.25, -0.2) is 8.42 Å².